The minimum Gasteiger partial charge on any atom is -0.465 e. The molecule has 0 aliphatic carbocycles. The first-order chi connectivity index (χ1) is 7.29. The topological polar surface area (TPSA) is 52.6 Å². The van der Waals surface area contributed by atoms with E-state index in [-0.39, 0.29) is 33.2 Å². The highest BCUT2D eigenvalue weighted by atomic mass is 16.6. The Bertz CT molecular complexity index is 296. The maximum Gasteiger partial charge on any atom is 0.312 e. The molecule has 0 bridgehead atoms. The van der Waals surface area contributed by atoms with E-state index >= 15 is 0 Å². The van der Waals surface area contributed by atoms with Crippen LogP contribution in [0, 0.1) is 5.41 Å². The zero-order valence-corrected chi connectivity index (χ0v) is 10.5. The van der Waals surface area contributed by atoms with Crippen molar-refractivity contribution in [3.05, 3.63) is 0 Å². The van der Waals surface area contributed by atoms with E-state index in [4.69, 9.17) is 9.47 Å². The van der Waals surface area contributed by atoms with Gasteiger partial charge in [0.05, 0.1) is 18.4 Å². The Kier molecular flexibility index (Phi) is 7.24. The molecule has 0 spiro atoms. The number of carbonyl (C=O) groups is 2. The summed E-state index contributed by atoms with van der Waals surface area (Å²) in [5, 5.41) is 0. The Labute approximate surface area is 111 Å². The fraction of sp³-hybridized carbons (Fsp3) is 0.857. The van der Waals surface area contributed by atoms with Crippen molar-refractivity contribution < 1.29 is 19.1 Å². The van der Waals surface area contributed by atoms with Crippen LogP contribution in [0.15, 0.2) is 0 Å². The Morgan fingerprint density at radius 3 is 2.44 bits per heavy atom. The van der Waals surface area contributed by atoms with E-state index in [0.717, 1.165) is 0 Å². The lowest BCUT2D eigenvalue weighted by atomic mass is 9.89. The molecule has 0 N–H and O–H groups in total. The fourth-order valence-electron chi connectivity index (χ4n) is 1.42. The van der Waals surface area contributed by atoms with Gasteiger partial charge in [0.2, 0.25) is 0 Å². The van der Waals surface area contributed by atoms with Gasteiger partial charge in [-0.15, -0.1) is 0 Å². The maximum absolute atomic E-state index is 11.9. The van der Waals surface area contributed by atoms with Gasteiger partial charge in [-0.25, -0.2) is 0 Å². The number of cyclic esters (lactones) is 1. The van der Waals surface area contributed by atoms with Crippen molar-refractivity contribution in [3.63, 3.8) is 0 Å². The molecule has 18 heavy (non-hydrogen) atoms. The highest BCUT2D eigenvalue weighted by Crippen LogP contribution is 2.30. The van der Waals surface area contributed by atoms with Crippen LogP contribution in [0.2, 0.25) is 0 Å². The smallest absolute Gasteiger partial charge is 0.312 e. The van der Waals surface area contributed by atoms with E-state index in [0.29, 0.717) is 19.4 Å². The van der Waals surface area contributed by atoms with Gasteiger partial charge in [-0.1, -0.05) is 21.8 Å². The molecule has 1 aliphatic heterocycles. The van der Waals surface area contributed by atoms with Gasteiger partial charge in [0.25, 0.3) is 0 Å². The molecule has 1 fully saturated rings. The van der Waals surface area contributed by atoms with Gasteiger partial charge in [0, 0.05) is 6.42 Å². The van der Waals surface area contributed by atoms with Gasteiger partial charge in [0.1, 0.15) is 5.60 Å². The summed E-state index contributed by atoms with van der Waals surface area (Å²) in [5.41, 5.74) is -1.19. The van der Waals surface area contributed by atoms with Gasteiger partial charge in [-0.2, -0.15) is 0 Å². The quantitative estimate of drug-likeness (QED) is 0.730. The molecule has 0 aromatic heterocycles. The second-order valence-corrected chi connectivity index (χ2v) is 5.22. The van der Waals surface area contributed by atoms with Crippen molar-refractivity contribution in [2.24, 2.45) is 5.41 Å². The third kappa shape index (κ3) is 4.67. The Hall–Kier alpha value is -1.06. The van der Waals surface area contributed by atoms with Crippen LogP contribution in [-0.4, -0.2) is 24.1 Å². The van der Waals surface area contributed by atoms with Crippen molar-refractivity contribution in [3.8, 4) is 0 Å². The van der Waals surface area contributed by atoms with E-state index in [9.17, 15) is 9.59 Å². The highest BCUT2D eigenvalue weighted by molar-refractivity contribution is 5.77. The molecule has 4 nitrogen and oxygen atoms in total. The van der Waals surface area contributed by atoms with Crippen LogP contribution in [0.1, 0.15) is 61.8 Å². The number of hydrogen-bond donors (Lipinski definition) is 0. The van der Waals surface area contributed by atoms with Crippen molar-refractivity contribution in [2.45, 2.75) is 67.4 Å². The fourth-order valence-corrected chi connectivity index (χ4v) is 1.42. The Balaban J connectivity index is 0. The molecule has 0 amide bonds. The number of carbonyl (C=O) groups excluding carboxylic acids is 2. The molecular formula is C14H28O4. The molecule has 0 radical (unpaired) electrons. The SMILES string of the molecule is C.C.CCC(C)(C)C(=O)OC1(C)CCOC(=O)C1. The second-order valence-electron chi connectivity index (χ2n) is 5.22. The molecular weight excluding hydrogens is 232 g/mol. The van der Waals surface area contributed by atoms with Gasteiger partial charge in [-0.05, 0) is 27.2 Å². The standard InChI is InChI=1S/C12H20O4.2CH4/c1-5-11(2,3)10(14)16-12(4)6-7-15-9(13)8-12;;/h5-8H2,1-4H3;2*1H4. The van der Waals surface area contributed by atoms with Gasteiger partial charge < -0.3 is 9.47 Å². The van der Waals surface area contributed by atoms with E-state index < -0.39 is 11.0 Å². The summed E-state index contributed by atoms with van der Waals surface area (Å²) in [6.07, 6.45) is 1.44. The van der Waals surface area contributed by atoms with Crippen molar-refractivity contribution >= 4 is 11.9 Å². The van der Waals surface area contributed by atoms with E-state index in [1.165, 1.54) is 0 Å². The third-order valence-electron chi connectivity index (χ3n) is 3.19. The lowest BCUT2D eigenvalue weighted by molar-refractivity contribution is -0.182. The lowest BCUT2D eigenvalue weighted by Crippen LogP contribution is -2.43. The molecule has 1 unspecified atom stereocenters. The third-order valence-corrected chi connectivity index (χ3v) is 3.19. The van der Waals surface area contributed by atoms with Crippen LogP contribution < -0.4 is 0 Å². The first-order valence-corrected chi connectivity index (χ1v) is 5.68. The predicted molar refractivity (Wildman–Crippen MR) is 72.2 cm³/mol. The predicted octanol–water partition coefficient (Wildman–Crippen LogP) is 3.33. The van der Waals surface area contributed by atoms with Gasteiger partial charge in [-0.3, -0.25) is 9.59 Å². The number of hydrogen-bond acceptors (Lipinski definition) is 4. The summed E-state index contributed by atoms with van der Waals surface area (Å²) in [6, 6.07) is 0. The van der Waals surface area contributed by atoms with Gasteiger partial charge in [0.15, 0.2) is 0 Å². The Morgan fingerprint density at radius 2 is 2.00 bits per heavy atom. The van der Waals surface area contributed by atoms with Crippen LogP contribution in [0.3, 0.4) is 0 Å². The minimum atomic E-state index is -0.696. The highest BCUT2D eigenvalue weighted by Gasteiger charge is 2.39. The normalized spacial score (nSPS) is 23.2. The molecule has 1 saturated heterocycles. The molecule has 4 heteroatoms. The van der Waals surface area contributed by atoms with Crippen LogP contribution in [0.4, 0.5) is 0 Å². The number of esters is 2. The van der Waals surface area contributed by atoms with Crippen molar-refractivity contribution in [1.29, 1.82) is 0 Å². The molecule has 0 aromatic carbocycles. The average molecular weight is 260 g/mol. The van der Waals surface area contributed by atoms with Crippen molar-refractivity contribution in [2.75, 3.05) is 6.61 Å². The van der Waals surface area contributed by atoms with Gasteiger partial charge >= 0.3 is 11.9 Å². The van der Waals surface area contributed by atoms with Crippen LogP contribution in [-0.2, 0) is 19.1 Å². The monoisotopic (exact) mass is 260 g/mol. The minimum absolute atomic E-state index is 0. The summed E-state index contributed by atoms with van der Waals surface area (Å²) < 4.78 is 10.3. The maximum atomic E-state index is 11.9. The summed E-state index contributed by atoms with van der Waals surface area (Å²) >= 11 is 0. The van der Waals surface area contributed by atoms with E-state index in [2.05, 4.69) is 0 Å². The molecule has 1 rings (SSSR count). The molecule has 1 atom stereocenters. The summed E-state index contributed by atoms with van der Waals surface area (Å²) in [5.74, 6) is -0.539. The Morgan fingerprint density at radius 1 is 1.44 bits per heavy atom. The molecule has 1 heterocycles. The first kappa shape index (κ1) is 19.3. The zero-order valence-electron chi connectivity index (χ0n) is 10.5. The first-order valence-electron chi connectivity index (χ1n) is 5.68. The second kappa shape index (κ2) is 6.76. The average Bonchev–Trinajstić information content (AvgIpc) is 2.16. The molecule has 0 aromatic rings. The number of ether oxygens (including phenoxy) is 2. The largest absolute Gasteiger partial charge is 0.465 e. The lowest BCUT2D eigenvalue weighted by Gasteiger charge is -2.35. The molecule has 0 saturated carbocycles. The van der Waals surface area contributed by atoms with Crippen LogP contribution in [0.5, 0.6) is 0 Å². The molecule has 1 aliphatic rings. The summed E-state index contributed by atoms with van der Waals surface area (Å²) in [6.45, 7) is 7.75. The van der Waals surface area contributed by atoms with Crippen LogP contribution >= 0.6 is 0 Å². The zero-order chi connectivity index (χ0) is 12.4. The van der Waals surface area contributed by atoms with Crippen molar-refractivity contribution in [1.82, 2.24) is 0 Å². The number of rotatable bonds is 3. The van der Waals surface area contributed by atoms with Crippen LogP contribution in [0.25, 0.3) is 0 Å². The summed E-state index contributed by atoms with van der Waals surface area (Å²) in [4.78, 5) is 23.1. The summed E-state index contributed by atoms with van der Waals surface area (Å²) in [7, 11) is 0. The van der Waals surface area contributed by atoms with E-state index in [1.807, 2.05) is 20.8 Å². The molecule has 108 valence electrons. The van der Waals surface area contributed by atoms with E-state index in [1.54, 1.807) is 6.92 Å².